The molecule has 1 aromatic heterocycles. The van der Waals surface area contributed by atoms with Crippen LogP contribution in [0.3, 0.4) is 0 Å². The van der Waals surface area contributed by atoms with E-state index in [0.717, 1.165) is 5.56 Å². The summed E-state index contributed by atoms with van der Waals surface area (Å²) in [7, 11) is 0. The van der Waals surface area contributed by atoms with E-state index >= 15 is 0 Å². The van der Waals surface area contributed by atoms with Crippen LogP contribution < -0.4 is 5.32 Å². The van der Waals surface area contributed by atoms with E-state index in [1.165, 1.54) is 0 Å². The fourth-order valence-corrected chi connectivity index (χ4v) is 1.85. The van der Waals surface area contributed by atoms with Gasteiger partial charge in [0.1, 0.15) is 0 Å². The zero-order chi connectivity index (χ0) is 13.8. The number of nitrogens with one attached hydrogen (secondary N) is 1. The van der Waals surface area contributed by atoms with Gasteiger partial charge in [0.05, 0.1) is 0 Å². The highest BCUT2D eigenvalue weighted by atomic mass is 16.5. The van der Waals surface area contributed by atoms with Gasteiger partial charge in [-0.1, -0.05) is 53.7 Å². The maximum absolute atomic E-state index is 12.0. The first-order valence-electron chi connectivity index (χ1n) is 6.21. The van der Waals surface area contributed by atoms with Crippen LogP contribution >= 0.6 is 0 Å². The molecule has 0 saturated heterocycles. The largest absolute Gasteiger partial charge is 0.354 e. The minimum Gasteiger partial charge on any atom is -0.354 e. The van der Waals surface area contributed by atoms with Crippen molar-refractivity contribution in [3.8, 4) is 11.3 Å². The Morgan fingerprint density at radius 3 is 2.30 bits per heavy atom. The molecular weight excluding hydrogens is 252 g/mol. The van der Waals surface area contributed by atoms with Gasteiger partial charge in [0.15, 0.2) is 11.6 Å². The number of carbonyl (C=O) groups excluding carboxylic acids is 1. The number of rotatable bonds is 3. The van der Waals surface area contributed by atoms with Crippen molar-refractivity contribution in [2.75, 3.05) is 5.32 Å². The molecule has 0 saturated carbocycles. The maximum atomic E-state index is 12.0. The van der Waals surface area contributed by atoms with Gasteiger partial charge in [-0.3, -0.25) is 4.79 Å². The van der Waals surface area contributed by atoms with Crippen molar-refractivity contribution < 1.29 is 9.32 Å². The number of anilines is 1. The molecule has 0 spiro atoms. The van der Waals surface area contributed by atoms with Crippen LogP contribution in [0.4, 0.5) is 5.82 Å². The summed E-state index contributed by atoms with van der Waals surface area (Å²) < 4.78 is 5.22. The third-order valence-corrected chi connectivity index (χ3v) is 2.85. The predicted molar refractivity (Wildman–Crippen MR) is 76.3 cm³/mol. The van der Waals surface area contributed by atoms with Crippen molar-refractivity contribution in [3.05, 3.63) is 72.3 Å². The summed E-state index contributed by atoms with van der Waals surface area (Å²) in [6.07, 6.45) is 0. The number of amides is 1. The van der Waals surface area contributed by atoms with Crippen molar-refractivity contribution in [1.29, 1.82) is 0 Å². The minimum atomic E-state index is -0.210. The number of hydrogen-bond donors (Lipinski definition) is 1. The average molecular weight is 264 g/mol. The van der Waals surface area contributed by atoms with Crippen molar-refractivity contribution >= 4 is 11.7 Å². The molecule has 0 aliphatic heterocycles. The Bertz CT molecular complexity index is 706. The van der Waals surface area contributed by atoms with Crippen LogP contribution in [-0.2, 0) is 0 Å². The zero-order valence-electron chi connectivity index (χ0n) is 10.6. The summed E-state index contributed by atoms with van der Waals surface area (Å²) in [5.74, 6) is 0.810. The van der Waals surface area contributed by atoms with Gasteiger partial charge in [-0.05, 0) is 12.1 Å². The Hall–Kier alpha value is -2.88. The molecule has 1 N–H and O–H groups in total. The van der Waals surface area contributed by atoms with Gasteiger partial charge >= 0.3 is 0 Å². The first-order valence-corrected chi connectivity index (χ1v) is 6.21. The third kappa shape index (κ3) is 2.59. The SMILES string of the molecule is O=C(Nc1cc(-c2ccccc2)on1)c1ccccc1. The topological polar surface area (TPSA) is 55.1 Å². The molecule has 0 atom stereocenters. The van der Waals surface area contributed by atoms with Crippen LogP contribution in [0.15, 0.2) is 71.3 Å². The minimum absolute atomic E-state index is 0.210. The number of carbonyl (C=O) groups is 1. The third-order valence-electron chi connectivity index (χ3n) is 2.85. The van der Waals surface area contributed by atoms with Crippen LogP contribution in [0.1, 0.15) is 10.4 Å². The normalized spacial score (nSPS) is 10.2. The Labute approximate surface area is 116 Å². The van der Waals surface area contributed by atoms with E-state index in [4.69, 9.17) is 4.52 Å². The first kappa shape index (κ1) is 12.2. The summed E-state index contributed by atoms with van der Waals surface area (Å²) in [6, 6.07) is 20.3. The second kappa shape index (κ2) is 5.40. The Kier molecular flexibility index (Phi) is 3.29. The lowest BCUT2D eigenvalue weighted by atomic mass is 10.2. The van der Waals surface area contributed by atoms with E-state index < -0.39 is 0 Å². The molecule has 0 radical (unpaired) electrons. The fourth-order valence-electron chi connectivity index (χ4n) is 1.85. The molecular formula is C16H12N2O2. The Morgan fingerprint density at radius 2 is 1.60 bits per heavy atom. The Morgan fingerprint density at radius 1 is 0.950 bits per heavy atom. The van der Waals surface area contributed by atoms with E-state index in [2.05, 4.69) is 10.5 Å². The highest BCUT2D eigenvalue weighted by molar-refractivity contribution is 6.03. The van der Waals surface area contributed by atoms with Crippen molar-refractivity contribution in [2.24, 2.45) is 0 Å². The van der Waals surface area contributed by atoms with Crippen LogP contribution in [0.25, 0.3) is 11.3 Å². The summed E-state index contributed by atoms with van der Waals surface area (Å²) in [4.78, 5) is 12.0. The molecule has 0 aliphatic rings. The first-order chi connectivity index (χ1) is 9.83. The van der Waals surface area contributed by atoms with Gasteiger partial charge in [0, 0.05) is 17.2 Å². The zero-order valence-corrected chi connectivity index (χ0v) is 10.6. The molecule has 0 fully saturated rings. The van der Waals surface area contributed by atoms with Crippen molar-refractivity contribution in [2.45, 2.75) is 0 Å². The van der Waals surface area contributed by atoms with Crippen LogP contribution in [-0.4, -0.2) is 11.1 Å². The molecule has 2 aromatic carbocycles. The standard InChI is InChI=1S/C16H12N2O2/c19-16(13-9-5-2-6-10-13)17-15-11-14(20-18-15)12-7-3-1-4-8-12/h1-11H,(H,17,18,19). The molecule has 20 heavy (non-hydrogen) atoms. The monoisotopic (exact) mass is 264 g/mol. The second-order valence-corrected chi connectivity index (χ2v) is 4.26. The van der Waals surface area contributed by atoms with E-state index in [1.807, 2.05) is 48.5 Å². The molecule has 1 heterocycles. The molecule has 0 bridgehead atoms. The number of nitrogens with zero attached hydrogens (tertiary/aromatic N) is 1. The molecule has 1 amide bonds. The fraction of sp³-hybridized carbons (Fsp3) is 0. The highest BCUT2D eigenvalue weighted by Crippen LogP contribution is 2.22. The van der Waals surface area contributed by atoms with E-state index in [-0.39, 0.29) is 5.91 Å². The Balaban J connectivity index is 1.77. The lowest BCUT2D eigenvalue weighted by molar-refractivity contribution is 0.102. The summed E-state index contributed by atoms with van der Waals surface area (Å²) >= 11 is 0. The average Bonchev–Trinajstić information content (AvgIpc) is 2.97. The van der Waals surface area contributed by atoms with Gasteiger partial charge in [0.2, 0.25) is 0 Å². The predicted octanol–water partition coefficient (Wildman–Crippen LogP) is 3.59. The van der Waals surface area contributed by atoms with Gasteiger partial charge in [-0.15, -0.1) is 0 Å². The van der Waals surface area contributed by atoms with Crippen molar-refractivity contribution in [1.82, 2.24) is 5.16 Å². The summed E-state index contributed by atoms with van der Waals surface area (Å²) in [5, 5.41) is 6.56. The van der Waals surface area contributed by atoms with Gasteiger partial charge in [-0.2, -0.15) is 0 Å². The smallest absolute Gasteiger partial charge is 0.256 e. The molecule has 4 nitrogen and oxygen atoms in total. The molecule has 4 heteroatoms. The van der Waals surface area contributed by atoms with Gasteiger partial charge < -0.3 is 9.84 Å². The lowest BCUT2D eigenvalue weighted by Gasteiger charge is -1.99. The summed E-state index contributed by atoms with van der Waals surface area (Å²) in [5.41, 5.74) is 1.50. The van der Waals surface area contributed by atoms with E-state index in [9.17, 15) is 4.79 Å². The lowest BCUT2D eigenvalue weighted by Crippen LogP contribution is -2.11. The van der Waals surface area contributed by atoms with Crippen molar-refractivity contribution in [3.63, 3.8) is 0 Å². The highest BCUT2D eigenvalue weighted by Gasteiger charge is 2.10. The molecule has 3 aromatic rings. The number of aromatic nitrogens is 1. The van der Waals surface area contributed by atoms with Crippen LogP contribution in [0.2, 0.25) is 0 Å². The summed E-state index contributed by atoms with van der Waals surface area (Å²) in [6.45, 7) is 0. The van der Waals surface area contributed by atoms with Gasteiger partial charge in [-0.25, -0.2) is 0 Å². The van der Waals surface area contributed by atoms with E-state index in [1.54, 1.807) is 18.2 Å². The van der Waals surface area contributed by atoms with E-state index in [0.29, 0.717) is 17.1 Å². The van der Waals surface area contributed by atoms with Crippen LogP contribution in [0, 0.1) is 0 Å². The number of benzene rings is 2. The molecule has 0 aliphatic carbocycles. The van der Waals surface area contributed by atoms with Crippen LogP contribution in [0.5, 0.6) is 0 Å². The molecule has 98 valence electrons. The maximum Gasteiger partial charge on any atom is 0.256 e. The molecule has 3 rings (SSSR count). The number of hydrogen-bond acceptors (Lipinski definition) is 3. The van der Waals surface area contributed by atoms with Gasteiger partial charge in [0.25, 0.3) is 5.91 Å². The molecule has 0 unspecified atom stereocenters. The second-order valence-electron chi connectivity index (χ2n) is 4.26. The quantitative estimate of drug-likeness (QED) is 0.786.